The van der Waals surface area contributed by atoms with E-state index < -0.39 is 10.0 Å². The van der Waals surface area contributed by atoms with E-state index in [4.69, 9.17) is 0 Å². The van der Waals surface area contributed by atoms with Crippen LogP contribution in [0.1, 0.15) is 39.5 Å². The lowest BCUT2D eigenvalue weighted by Crippen LogP contribution is -2.37. The van der Waals surface area contributed by atoms with Crippen molar-refractivity contribution in [3.63, 3.8) is 0 Å². The lowest BCUT2D eigenvalue weighted by molar-refractivity contribution is 0.336. The largest absolute Gasteiger partial charge is 0.366 e. The van der Waals surface area contributed by atoms with Crippen LogP contribution < -0.4 is 10.0 Å². The summed E-state index contributed by atoms with van der Waals surface area (Å²) in [4.78, 5) is 0. The van der Waals surface area contributed by atoms with Gasteiger partial charge in [0.25, 0.3) is 0 Å². The second-order valence-corrected chi connectivity index (χ2v) is 9.80. The van der Waals surface area contributed by atoms with Gasteiger partial charge in [0, 0.05) is 18.2 Å². The first-order valence-corrected chi connectivity index (χ1v) is 11.1. The summed E-state index contributed by atoms with van der Waals surface area (Å²) in [6, 6.07) is 14.3. The Morgan fingerprint density at radius 3 is 2.30 bits per heavy atom. The Bertz CT molecular complexity index is 815. The summed E-state index contributed by atoms with van der Waals surface area (Å²) in [7, 11) is -3.17. The molecule has 0 aliphatic heterocycles. The standard InChI is InChI=1S/C20H28N4O2S/c1-15(2)27(25,26)21-14-16-8-10-18(11-9-16)22-20-13-12-19(23-24-20)17-6-4-3-5-7-17/h3-7,12-13,15-16,18,21H,8-11,14H2,1-2H3,(H,22,24)/t16-,18-. The maximum absolute atomic E-state index is 11.9. The maximum Gasteiger partial charge on any atom is 0.213 e. The zero-order valence-corrected chi connectivity index (χ0v) is 16.7. The van der Waals surface area contributed by atoms with Crippen molar-refractivity contribution in [2.75, 3.05) is 11.9 Å². The number of nitrogens with one attached hydrogen (secondary N) is 2. The van der Waals surface area contributed by atoms with Gasteiger partial charge in [-0.3, -0.25) is 0 Å². The molecule has 146 valence electrons. The fourth-order valence-corrected chi connectivity index (χ4v) is 4.09. The van der Waals surface area contributed by atoms with Gasteiger partial charge in [0.2, 0.25) is 10.0 Å². The Kier molecular flexibility index (Phi) is 6.44. The predicted octanol–water partition coefficient (Wildman–Crippen LogP) is 3.44. The van der Waals surface area contributed by atoms with Crippen molar-refractivity contribution >= 4 is 15.8 Å². The number of aromatic nitrogens is 2. The molecule has 1 saturated carbocycles. The minimum absolute atomic E-state index is 0.361. The van der Waals surface area contributed by atoms with Crippen LogP contribution in [-0.2, 0) is 10.0 Å². The minimum Gasteiger partial charge on any atom is -0.366 e. The average Bonchev–Trinajstić information content (AvgIpc) is 2.69. The summed E-state index contributed by atoms with van der Waals surface area (Å²) >= 11 is 0. The van der Waals surface area contributed by atoms with Gasteiger partial charge in [0.15, 0.2) is 0 Å². The Hall–Kier alpha value is -1.99. The Morgan fingerprint density at radius 2 is 1.70 bits per heavy atom. The monoisotopic (exact) mass is 388 g/mol. The zero-order valence-electron chi connectivity index (χ0n) is 15.9. The number of hydrogen-bond acceptors (Lipinski definition) is 5. The lowest BCUT2D eigenvalue weighted by atomic mass is 9.86. The molecule has 0 bridgehead atoms. The topological polar surface area (TPSA) is 84.0 Å². The second kappa shape index (κ2) is 8.80. The molecule has 0 spiro atoms. The van der Waals surface area contributed by atoms with Gasteiger partial charge < -0.3 is 5.32 Å². The van der Waals surface area contributed by atoms with Crippen LogP contribution in [0.2, 0.25) is 0 Å². The van der Waals surface area contributed by atoms with Crippen molar-refractivity contribution in [1.82, 2.24) is 14.9 Å². The highest BCUT2D eigenvalue weighted by atomic mass is 32.2. The van der Waals surface area contributed by atoms with Crippen molar-refractivity contribution in [2.45, 2.75) is 50.8 Å². The molecule has 6 nitrogen and oxygen atoms in total. The molecule has 1 aliphatic carbocycles. The number of anilines is 1. The number of rotatable bonds is 7. The van der Waals surface area contributed by atoms with Crippen LogP contribution in [0.3, 0.4) is 0 Å². The molecule has 0 unspecified atom stereocenters. The third kappa shape index (κ3) is 5.49. The van der Waals surface area contributed by atoms with Crippen molar-refractivity contribution in [3.8, 4) is 11.3 Å². The van der Waals surface area contributed by atoms with E-state index in [-0.39, 0.29) is 5.25 Å². The summed E-state index contributed by atoms with van der Waals surface area (Å²) in [6.45, 7) is 3.94. The molecule has 0 saturated heterocycles. The maximum atomic E-state index is 11.9. The van der Waals surface area contributed by atoms with Crippen molar-refractivity contribution < 1.29 is 8.42 Å². The minimum atomic E-state index is -3.17. The van der Waals surface area contributed by atoms with Crippen LogP contribution in [0.5, 0.6) is 0 Å². The molecule has 2 aromatic rings. The number of benzene rings is 1. The third-order valence-corrected chi connectivity index (χ3v) is 6.94. The zero-order chi connectivity index (χ0) is 19.3. The molecule has 7 heteroatoms. The first-order valence-electron chi connectivity index (χ1n) is 9.58. The molecular weight excluding hydrogens is 360 g/mol. The summed E-state index contributed by atoms with van der Waals surface area (Å²) in [6.07, 6.45) is 4.04. The first-order chi connectivity index (χ1) is 12.9. The molecule has 1 aliphatic rings. The van der Waals surface area contributed by atoms with E-state index in [2.05, 4.69) is 20.2 Å². The number of hydrogen-bond donors (Lipinski definition) is 2. The van der Waals surface area contributed by atoms with Gasteiger partial charge in [0.05, 0.1) is 10.9 Å². The highest BCUT2D eigenvalue weighted by Gasteiger charge is 2.24. The van der Waals surface area contributed by atoms with Crippen molar-refractivity contribution in [2.24, 2.45) is 5.92 Å². The lowest BCUT2D eigenvalue weighted by Gasteiger charge is -2.29. The Balaban J connectivity index is 1.47. The number of nitrogens with zero attached hydrogens (tertiary/aromatic N) is 2. The summed E-state index contributed by atoms with van der Waals surface area (Å²) < 4.78 is 26.5. The molecule has 27 heavy (non-hydrogen) atoms. The molecule has 0 amide bonds. The number of sulfonamides is 1. The van der Waals surface area contributed by atoms with E-state index in [0.717, 1.165) is 42.8 Å². The van der Waals surface area contributed by atoms with E-state index >= 15 is 0 Å². The first kappa shape index (κ1) is 19.8. The van der Waals surface area contributed by atoms with E-state index in [1.54, 1.807) is 13.8 Å². The summed E-state index contributed by atoms with van der Waals surface area (Å²) in [5.41, 5.74) is 1.92. The fourth-order valence-electron chi connectivity index (χ4n) is 3.29. The molecule has 3 rings (SSSR count). The van der Waals surface area contributed by atoms with Crippen molar-refractivity contribution in [3.05, 3.63) is 42.5 Å². The molecule has 2 N–H and O–H groups in total. The van der Waals surface area contributed by atoms with E-state index in [0.29, 0.717) is 18.5 Å². The molecular formula is C20H28N4O2S. The van der Waals surface area contributed by atoms with Gasteiger partial charge >= 0.3 is 0 Å². The molecule has 0 atom stereocenters. The van der Waals surface area contributed by atoms with Crippen LogP contribution >= 0.6 is 0 Å². The van der Waals surface area contributed by atoms with Crippen LogP contribution in [0.15, 0.2) is 42.5 Å². The van der Waals surface area contributed by atoms with Gasteiger partial charge in [-0.25, -0.2) is 13.1 Å². The van der Waals surface area contributed by atoms with Crippen LogP contribution in [0.4, 0.5) is 5.82 Å². The smallest absolute Gasteiger partial charge is 0.213 e. The molecule has 1 aromatic heterocycles. The van der Waals surface area contributed by atoms with Gasteiger partial charge in [0.1, 0.15) is 5.82 Å². The van der Waals surface area contributed by atoms with E-state index in [9.17, 15) is 8.42 Å². The van der Waals surface area contributed by atoms with Gasteiger partial charge in [-0.05, 0) is 57.6 Å². The SMILES string of the molecule is CC(C)S(=O)(=O)NC[C@H]1CC[C@H](Nc2ccc(-c3ccccc3)nn2)CC1. The van der Waals surface area contributed by atoms with Crippen LogP contribution in [-0.4, -0.2) is 36.5 Å². The molecule has 1 aromatic carbocycles. The normalized spacial score (nSPS) is 20.6. The molecule has 1 fully saturated rings. The summed E-state index contributed by atoms with van der Waals surface area (Å²) in [5.74, 6) is 1.20. The highest BCUT2D eigenvalue weighted by Crippen LogP contribution is 2.26. The average molecular weight is 389 g/mol. The highest BCUT2D eigenvalue weighted by molar-refractivity contribution is 7.90. The van der Waals surface area contributed by atoms with Gasteiger partial charge in [-0.2, -0.15) is 0 Å². The van der Waals surface area contributed by atoms with Gasteiger partial charge in [-0.1, -0.05) is 30.3 Å². The van der Waals surface area contributed by atoms with E-state index in [1.165, 1.54) is 0 Å². The third-order valence-electron chi connectivity index (χ3n) is 5.13. The van der Waals surface area contributed by atoms with Crippen LogP contribution in [0, 0.1) is 5.92 Å². The Morgan fingerprint density at radius 1 is 1.00 bits per heavy atom. The van der Waals surface area contributed by atoms with Crippen molar-refractivity contribution in [1.29, 1.82) is 0 Å². The molecule has 0 radical (unpaired) electrons. The predicted molar refractivity (Wildman–Crippen MR) is 109 cm³/mol. The second-order valence-electron chi connectivity index (χ2n) is 7.47. The van der Waals surface area contributed by atoms with E-state index in [1.807, 2.05) is 42.5 Å². The fraction of sp³-hybridized carbons (Fsp3) is 0.500. The van der Waals surface area contributed by atoms with Crippen LogP contribution in [0.25, 0.3) is 11.3 Å². The molecule has 1 heterocycles. The quantitative estimate of drug-likeness (QED) is 0.759. The Labute approximate surface area is 161 Å². The summed E-state index contributed by atoms with van der Waals surface area (Å²) in [5, 5.41) is 11.7. The van der Waals surface area contributed by atoms with Gasteiger partial charge in [-0.15, -0.1) is 10.2 Å².